The molecule has 22 heavy (non-hydrogen) atoms. The van der Waals surface area contributed by atoms with Gasteiger partial charge in [-0.05, 0) is 54.7 Å². The van der Waals surface area contributed by atoms with E-state index in [0.29, 0.717) is 0 Å². The summed E-state index contributed by atoms with van der Waals surface area (Å²) in [5.41, 5.74) is 10.9. The van der Waals surface area contributed by atoms with Crippen molar-refractivity contribution in [3.8, 4) is 5.75 Å². The van der Waals surface area contributed by atoms with E-state index in [1.807, 2.05) is 39.0 Å². The second-order valence-corrected chi connectivity index (χ2v) is 5.44. The summed E-state index contributed by atoms with van der Waals surface area (Å²) in [6.45, 7) is 5.74. The van der Waals surface area contributed by atoms with Crippen LogP contribution in [-0.4, -0.2) is 12.0 Å². The van der Waals surface area contributed by atoms with Crippen molar-refractivity contribution in [2.75, 3.05) is 7.11 Å². The van der Waals surface area contributed by atoms with Crippen LogP contribution in [-0.2, 0) is 0 Å². The first-order valence-corrected chi connectivity index (χ1v) is 7.00. The SMILES string of the molecule is COc1cc(C(N)c2cc([N+](=O)[O-])cc(C)c2C)ccc1C. The molecule has 0 heterocycles. The lowest BCUT2D eigenvalue weighted by atomic mass is 9.92. The number of rotatable bonds is 4. The minimum Gasteiger partial charge on any atom is -0.496 e. The number of methoxy groups -OCH3 is 1. The summed E-state index contributed by atoms with van der Waals surface area (Å²) in [5, 5.41) is 11.1. The molecule has 0 aliphatic heterocycles. The highest BCUT2D eigenvalue weighted by atomic mass is 16.6. The van der Waals surface area contributed by atoms with Crippen LogP contribution in [0.3, 0.4) is 0 Å². The third-order valence-electron chi connectivity index (χ3n) is 4.03. The average Bonchev–Trinajstić information content (AvgIpc) is 2.49. The van der Waals surface area contributed by atoms with Crippen molar-refractivity contribution in [2.45, 2.75) is 26.8 Å². The van der Waals surface area contributed by atoms with Crippen molar-refractivity contribution in [3.63, 3.8) is 0 Å². The molecule has 2 N–H and O–H groups in total. The number of hydrogen-bond donors (Lipinski definition) is 1. The maximum Gasteiger partial charge on any atom is 0.270 e. The molecule has 5 nitrogen and oxygen atoms in total. The second-order valence-electron chi connectivity index (χ2n) is 5.44. The van der Waals surface area contributed by atoms with Crippen LogP contribution < -0.4 is 10.5 Å². The highest BCUT2D eigenvalue weighted by Crippen LogP contribution is 2.31. The molecule has 0 aliphatic rings. The standard InChI is InChI=1S/C17H20N2O3/c1-10-5-6-13(8-16(10)22-4)17(18)15-9-14(19(20)21)7-11(2)12(15)3/h5-9,17H,18H2,1-4H3. The molecule has 2 aromatic carbocycles. The normalized spacial score (nSPS) is 12.0. The van der Waals surface area contributed by atoms with Crippen LogP contribution in [0.1, 0.15) is 33.9 Å². The largest absolute Gasteiger partial charge is 0.496 e. The fraction of sp³-hybridized carbons (Fsp3) is 0.294. The number of nitro benzene ring substituents is 1. The van der Waals surface area contributed by atoms with Gasteiger partial charge in [-0.2, -0.15) is 0 Å². The summed E-state index contributed by atoms with van der Waals surface area (Å²) in [6.07, 6.45) is 0. The van der Waals surface area contributed by atoms with E-state index in [2.05, 4.69) is 0 Å². The van der Waals surface area contributed by atoms with E-state index in [-0.39, 0.29) is 5.69 Å². The number of hydrogen-bond acceptors (Lipinski definition) is 4. The highest BCUT2D eigenvalue weighted by molar-refractivity contribution is 5.49. The quantitative estimate of drug-likeness (QED) is 0.691. The van der Waals surface area contributed by atoms with Gasteiger partial charge in [0.1, 0.15) is 5.75 Å². The van der Waals surface area contributed by atoms with Gasteiger partial charge in [-0.15, -0.1) is 0 Å². The number of nitrogens with zero attached hydrogens (tertiary/aromatic N) is 1. The highest BCUT2D eigenvalue weighted by Gasteiger charge is 2.18. The molecule has 2 rings (SSSR count). The zero-order valence-corrected chi connectivity index (χ0v) is 13.2. The summed E-state index contributed by atoms with van der Waals surface area (Å²) in [7, 11) is 1.61. The zero-order chi connectivity index (χ0) is 16.4. The maximum atomic E-state index is 11.1. The third kappa shape index (κ3) is 2.94. The fourth-order valence-electron chi connectivity index (χ4n) is 2.51. The van der Waals surface area contributed by atoms with Gasteiger partial charge in [-0.25, -0.2) is 0 Å². The minimum absolute atomic E-state index is 0.0626. The Bertz CT molecular complexity index is 726. The molecular weight excluding hydrogens is 280 g/mol. The number of nitro groups is 1. The van der Waals surface area contributed by atoms with Gasteiger partial charge >= 0.3 is 0 Å². The Hall–Kier alpha value is -2.40. The molecule has 2 aromatic rings. The molecule has 5 heteroatoms. The molecule has 116 valence electrons. The van der Waals surface area contributed by atoms with Gasteiger partial charge in [-0.3, -0.25) is 10.1 Å². The Labute approximate surface area is 129 Å². The Balaban J connectivity index is 2.53. The molecular formula is C17H20N2O3. The van der Waals surface area contributed by atoms with E-state index in [0.717, 1.165) is 33.6 Å². The van der Waals surface area contributed by atoms with Gasteiger partial charge < -0.3 is 10.5 Å². The van der Waals surface area contributed by atoms with E-state index in [1.54, 1.807) is 19.2 Å². The Morgan fingerprint density at radius 3 is 2.41 bits per heavy atom. The van der Waals surface area contributed by atoms with Crippen molar-refractivity contribution in [1.82, 2.24) is 0 Å². The van der Waals surface area contributed by atoms with Gasteiger partial charge in [0, 0.05) is 12.1 Å². The van der Waals surface area contributed by atoms with E-state index < -0.39 is 11.0 Å². The smallest absolute Gasteiger partial charge is 0.270 e. The molecule has 1 unspecified atom stereocenters. The number of non-ortho nitro benzene ring substituents is 1. The van der Waals surface area contributed by atoms with Crippen LogP contribution in [0.2, 0.25) is 0 Å². The van der Waals surface area contributed by atoms with Gasteiger partial charge in [-0.1, -0.05) is 12.1 Å². The third-order valence-corrected chi connectivity index (χ3v) is 4.03. The Morgan fingerprint density at radius 2 is 1.82 bits per heavy atom. The first kappa shape index (κ1) is 16.0. The van der Waals surface area contributed by atoms with Gasteiger partial charge in [0.15, 0.2) is 0 Å². The predicted octanol–water partition coefficient (Wildman–Crippen LogP) is 3.58. The van der Waals surface area contributed by atoms with Crippen LogP contribution in [0.25, 0.3) is 0 Å². The summed E-state index contributed by atoms with van der Waals surface area (Å²) in [4.78, 5) is 10.7. The summed E-state index contributed by atoms with van der Waals surface area (Å²) in [5.74, 6) is 0.757. The van der Waals surface area contributed by atoms with Gasteiger partial charge in [0.25, 0.3) is 5.69 Å². The summed E-state index contributed by atoms with van der Waals surface area (Å²) >= 11 is 0. The lowest BCUT2D eigenvalue weighted by Crippen LogP contribution is -2.14. The monoisotopic (exact) mass is 300 g/mol. The first-order chi connectivity index (χ1) is 10.3. The van der Waals surface area contributed by atoms with Crippen LogP contribution in [0.4, 0.5) is 5.69 Å². The number of aryl methyl sites for hydroxylation is 2. The maximum absolute atomic E-state index is 11.1. The van der Waals surface area contributed by atoms with Crippen LogP contribution >= 0.6 is 0 Å². The number of nitrogens with two attached hydrogens (primary N) is 1. The Morgan fingerprint density at radius 1 is 1.14 bits per heavy atom. The lowest BCUT2D eigenvalue weighted by Gasteiger charge is -2.18. The molecule has 0 radical (unpaired) electrons. The van der Waals surface area contributed by atoms with E-state index in [1.165, 1.54) is 0 Å². The lowest BCUT2D eigenvalue weighted by molar-refractivity contribution is -0.385. The number of benzene rings is 2. The number of ether oxygens (including phenoxy) is 1. The second kappa shape index (κ2) is 6.15. The van der Waals surface area contributed by atoms with Gasteiger partial charge in [0.05, 0.1) is 18.1 Å². The topological polar surface area (TPSA) is 78.4 Å². The van der Waals surface area contributed by atoms with Crippen molar-refractivity contribution in [1.29, 1.82) is 0 Å². The van der Waals surface area contributed by atoms with Crippen molar-refractivity contribution in [3.05, 3.63) is 68.3 Å². The zero-order valence-electron chi connectivity index (χ0n) is 13.2. The molecule has 1 atom stereocenters. The average molecular weight is 300 g/mol. The molecule has 0 aromatic heterocycles. The van der Waals surface area contributed by atoms with Crippen LogP contribution in [0.15, 0.2) is 30.3 Å². The molecule has 0 spiro atoms. The van der Waals surface area contributed by atoms with E-state index in [9.17, 15) is 10.1 Å². The molecule has 0 aliphatic carbocycles. The first-order valence-electron chi connectivity index (χ1n) is 7.00. The summed E-state index contributed by atoms with van der Waals surface area (Å²) < 4.78 is 5.32. The van der Waals surface area contributed by atoms with E-state index in [4.69, 9.17) is 10.5 Å². The fourth-order valence-corrected chi connectivity index (χ4v) is 2.51. The van der Waals surface area contributed by atoms with Crippen LogP contribution in [0, 0.1) is 30.9 Å². The van der Waals surface area contributed by atoms with Gasteiger partial charge in [0.2, 0.25) is 0 Å². The molecule has 0 amide bonds. The van der Waals surface area contributed by atoms with Crippen LogP contribution in [0.5, 0.6) is 5.75 Å². The molecule has 0 fully saturated rings. The molecule has 0 saturated heterocycles. The van der Waals surface area contributed by atoms with Crippen molar-refractivity contribution >= 4 is 5.69 Å². The van der Waals surface area contributed by atoms with Crippen molar-refractivity contribution in [2.24, 2.45) is 5.73 Å². The molecule has 0 saturated carbocycles. The van der Waals surface area contributed by atoms with Crippen molar-refractivity contribution < 1.29 is 9.66 Å². The molecule has 0 bridgehead atoms. The van der Waals surface area contributed by atoms with E-state index >= 15 is 0 Å². The summed E-state index contributed by atoms with van der Waals surface area (Å²) in [6, 6.07) is 8.44. The minimum atomic E-state index is -0.437. The Kier molecular flexibility index (Phi) is 4.47. The predicted molar refractivity (Wildman–Crippen MR) is 86.3 cm³/mol.